The lowest BCUT2D eigenvalue weighted by molar-refractivity contribution is 0.167. The molecule has 5 rings (SSSR count). The van der Waals surface area contributed by atoms with E-state index in [1.165, 1.54) is 18.2 Å². The van der Waals surface area contributed by atoms with E-state index in [4.69, 9.17) is 9.26 Å². The summed E-state index contributed by atoms with van der Waals surface area (Å²) in [5.41, 5.74) is 5.20. The second kappa shape index (κ2) is 9.76. The first kappa shape index (κ1) is 24.0. The molecule has 7 nitrogen and oxygen atoms in total. The quantitative estimate of drug-likeness (QED) is 0.504. The van der Waals surface area contributed by atoms with Crippen molar-refractivity contribution >= 4 is 10.0 Å². The van der Waals surface area contributed by atoms with Crippen molar-refractivity contribution in [1.29, 1.82) is 0 Å². The maximum absolute atomic E-state index is 13.8. The van der Waals surface area contributed by atoms with Gasteiger partial charge in [-0.05, 0) is 68.4 Å². The van der Waals surface area contributed by atoms with Crippen LogP contribution in [0.4, 0.5) is 0 Å². The molecule has 0 bridgehead atoms. The Kier molecular flexibility index (Phi) is 6.70. The first-order valence-electron chi connectivity index (χ1n) is 12.3. The molecule has 0 aliphatic carbocycles. The average molecular weight is 496 g/mol. The van der Waals surface area contributed by atoms with E-state index in [9.17, 15) is 8.42 Å². The van der Waals surface area contributed by atoms with E-state index in [1.54, 1.807) is 16.4 Å². The molecule has 0 amide bonds. The van der Waals surface area contributed by atoms with Gasteiger partial charge in [0.1, 0.15) is 10.6 Å². The number of hydrogen-bond donors (Lipinski definition) is 0. The van der Waals surface area contributed by atoms with Crippen LogP contribution in [0, 0.1) is 19.8 Å². The molecule has 1 saturated heterocycles. The number of aryl methyl sites for hydroxylation is 1. The molecular formula is C27H33N3O4S. The number of sulfonamides is 1. The zero-order valence-corrected chi connectivity index (χ0v) is 21.5. The fourth-order valence-electron chi connectivity index (χ4n) is 5.31. The topological polar surface area (TPSA) is 75.9 Å². The number of benzene rings is 2. The molecule has 1 fully saturated rings. The maximum Gasteiger partial charge on any atom is 0.246 e. The Morgan fingerprint density at radius 3 is 2.66 bits per heavy atom. The molecule has 186 valence electrons. The van der Waals surface area contributed by atoms with Gasteiger partial charge in [-0.15, -0.1) is 0 Å². The Morgan fingerprint density at radius 2 is 1.91 bits per heavy atom. The molecule has 8 heteroatoms. The standard InChI is InChI=1S/C27H33N3O4S/c1-19-20(2)28-34-27(19)23-10-11-25(33-3)26(15-23)35(31,32)30-13-6-7-21(17-30)16-29-14-12-22-8-4-5-9-24(22)18-29/h4-5,8-11,15,21H,6-7,12-14,16-18H2,1-3H3. The van der Waals surface area contributed by atoms with Crippen LogP contribution in [0.5, 0.6) is 5.75 Å². The van der Waals surface area contributed by atoms with Crippen molar-refractivity contribution in [2.24, 2.45) is 5.92 Å². The minimum absolute atomic E-state index is 0.179. The molecule has 3 heterocycles. The van der Waals surface area contributed by atoms with Crippen molar-refractivity contribution in [2.75, 3.05) is 33.3 Å². The van der Waals surface area contributed by atoms with Crippen LogP contribution >= 0.6 is 0 Å². The Morgan fingerprint density at radius 1 is 1.11 bits per heavy atom. The first-order valence-corrected chi connectivity index (χ1v) is 13.7. The molecule has 1 unspecified atom stereocenters. The van der Waals surface area contributed by atoms with E-state index in [2.05, 4.69) is 34.3 Å². The molecule has 1 atom stereocenters. The normalized spacial score (nSPS) is 19.5. The molecule has 0 N–H and O–H groups in total. The number of hydrogen-bond acceptors (Lipinski definition) is 6. The lowest BCUT2D eigenvalue weighted by atomic mass is 9.95. The number of fused-ring (bicyclic) bond motifs is 1. The first-order chi connectivity index (χ1) is 16.9. The van der Waals surface area contributed by atoms with Gasteiger partial charge in [0.05, 0.1) is 12.8 Å². The number of rotatable bonds is 6. The highest BCUT2D eigenvalue weighted by atomic mass is 32.2. The highest BCUT2D eigenvalue weighted by molar-refractivity contribution is 7.89. The lowest BCUT2D eigenvalue weighted by Gasteiger charge is -2.37. The van der Waals surface area contributed by atoms with Crippen molar-refractivity contribution in [3.8, 4) is 17.1 Å². The summed E-state index contributed by atoms with van der Waals surface area (Å²) in [6.45, 7) is 7.71. The van der Waals surface area contributed by atoms with Gasteiger partial charge in [0.15, 0.2) is 5.76 Å². The van der Waals surface area contributed by atoms with Crippen LogP contribution in [0.2, 0.25) is 0 Å². The number of aromatic nitrogens is 1. The van der Waals surface area contributed by atoms with Crippen molar-refractivity contribution < 1.29 is 17.7 Å². The third-order valence-corrected chi connectivity index (χ3v) is 9.29. The summed E-state index contributed by atoms with van der Waals surface area (Å²) in [6, 6.07) is 13.8. The number of nitrogens with zero attached hydrogens (tertiary/aromatic N) is 3. The van der Waals surface area contributed by atoms with Gasteiger partial charge in [0.25, 0.3) is 0 Å². The summed E-state index contributed by atoms with van der Waals surface area (Å²) in [6.07, 6.45) is 2.95. The zero-order chi connectivity index (χ0) is 24.6. The van der Waals surface area contributed by atoms with E-state index >= 15 is 0 Å². The van der Waals surface area contributed by atoms with E-state index < -0.39 is 10.0 Å². The second-order valence-corrected chi connectivity index (χ2v) is 11.6. The molecule has 1 aromatic heterocycles. The molecule has 0 spiro atoms. The summed E-state index contributed by atoms with van der Waals surface area (Å²) in [5, 5.41) is 4.03. The van der Waals surface area contributed by atoms with Crippen LogP contribution in [-0.4, -0.2) is 56.1 Å². The Hall–Kier alpha value is -2.68. The molecule has 3 aromatic rings. The second-order valence-electron chi connectivity index (χ2n) is 9.71. The van der Waals surface area contributed by atoms with E-state index in [1.807, 2.05) is 19.9 Å². The smallest absolute Gasteiger partial charge is 0.246 e. The highest BCUT2D eigenvalue weighted by Crippen LogP contribution is 2.35. The lowest BCUT2D eigenvalue weighted by Crippen LogP contribution is -2.44. The van der Waals surface area contributed by atoms with Gasteiger partial charge in [-0.3, -0.25) is 4.90 Å². The third kappa shape index (κ3) is 4.75. The molecule has 2 aliphatic heterocycles. The molecule has 35 heavy (non-hydrogen) atoms. The SMILES string of the molecule is COc1ccc(-c2onc(C)c2C)cc1S(=O)(=O)N1CCCC(CN2CCc3ccccc3C2)C1. The van der Waals surface area contributed by atoms with Crippen LogP contribution in [0.1, 0.15) is 35.2 Å². The van der Waals surface area contributed by atoms with Crippen molar-refractivity contribution in [1.82, 2.24) is 14.4 Å². The van der Waals surface area contributed by atoms with Gasteiger partial charge in [0, 0.05) is 43.9 Å². The van der Waals surface area contributed by atoms with Gasteiger partial charge in [-0.2, -0.15) is 4.31 Å². The van der Waals surface area contributed by atoms with Gasteiger partial charge in [-0.25, -0.2) is 8.42 Å². The van der Waals surface area contributed by atoms with Gasteiger partial charge < -0.3 is 9.26 Å². The highest BCUT2D eigenvalue weighted by Gasteiger charge is 2.34. The molecule has 0 radical (unpaired) electrons. The van der Waals surface area contributed by atoms with Gasteiger partial charge >= 0.3 is 0 Å². The summed E-state index contributed by atoms with van der Waals surface area (Å²) < 4.78 is 40.3. The minimum Gasteiger partial charge on any atom is -0.495 e. The van der Waals surface area contributed by atoms with Gasteiger partial charge in [-0.1, -0.05) is 29.4 Å². The minimum atomic E-state index is -3.74. The van der Waals surface area contributed by atoms with Crippen molar-refractivity contribution in [2.45, 2.75) is 44.6 Å². The van der Waals surface area contributed by atoms with Crippen LogP contribution in [0.15, 0.2) is 51.9 Å². The Balaban J connectivity index is 1.36. The van der Waals surface area contributed by atoms with Crippen LogP contribution < -0.4 is 4.74 Å². The van der Waals surface area contributed by atoms with E-state index in [-0.39, 0.29) is 4.90 Å². The fourth-order valence-corrected chi connectivity index (χ4v) is 7.05. The zero-order valence-electron chi connectivity index (χ0n) is 20.7. The number of piperidine rings is 1. The fraction of sp³-hybridized carbons (Fsp3) is 0.444. The summed E-state index contributed by atoms with van der Waals surface area (Å²) in [4.78, 5) is 2.65. The summed E-state index contributed by atoms with van der Waals surface area (Å²) in [7, 11) is -2.23. The van der Waals surface area contributed by atoms with E-state index in [0.717, 1.165) is 50.2 Å². The Bertz CT molecular complexity index is 1320. The largest absolute Gasteiger partial charge is 0.495 e. The van der Waals surface area contributed by atoms with Crippen LogP contribution in [-0.2, 0) is 23.0 Å². The molecule has 0 saturated carbocycles. The van der Waals surface area contributed by atoms with Crippen LogP contribution in [0.25, 0.3) is 11.3 Å². The number of methoxy groups -OCH3 is 1. The van der Waals surface area contributed by atoms with Gasteiger partial charge in [0.2, 0.25) is 10.0 Å². The van der Waals surface area contributed by atoms with E-state index in [0.29, 0.717) is 36.1 Å². The van der Waals surface area contributed by atoms with Crippen LogP contribution in [0.3, 0.4) is 0 Å². The number of ether oxygens (including phenoxy) is 1. The monoisotopic (exact) mass is 495 g/mol. The summed E-state index contributed by atoms with van der Waals surface area (Å²) >= 11 is 0. The predicted molar refractivity (Wildman–Crippen MR) is 135 cm³/mol. The summed E-state index contributed by atoms with van der Waals surface area (Å²) in [5.74, 6) is 1.23. The van der Waals surface area contributed by atoms with Crippen molar-refractivity contribution in [3.63, 3.8) is 0 Å². The average Bonchev–Trinajstić information content (AvgIpc) is 3.21. The van der Waals surface area contributed by atoms with Crippen molar-refractivity contribution in [3.05, 3.63) is 64.8 Å². The molecular weight excluding hydrogens is 462 g/mol. The third-order valence-electron chi connectivity index (χ3n) is 7.41. The molecule has 2 aromatic carbocycles. The Labute approximate surface area is 207 Å². The maximum atomic E-state index is 13.8. The molecule has 2 aliphatic rings. The predicted octanol–water partition coefficient (Wildman–Crippen LogP) is 4.43.